The van der Waals surface area contributed by atoms with Crippen molar-refractivity contribution in [1.82, 2.24) is 24.5 Å². The van der Waals surface area contributed by atoms with Crippen molar-refractivity contribution in [3.63, 3.8) is 0 Å². The van der Waals surface area contributed by atoms with Crippen molar-refractivity contribution in [2.75, 3.05) is 13.2 Å². The topological polar surface area (TPSA) is 67.0 Å². The molecular formula is C13H21N5O2. The fraction of sp³-hybridized carbons (Fsp3) is 0.615. The zero-order valence-electron chi connectivity index (χ0n) is 12.2. The van der Waals surface area contributed by atoms with Gasteiger partial charge in [-0.25, -0.2) is 4.98 Å². The largest absolute Gasteiger partial charge is 0.347 e. The maximum Gasteiger partial charge on any atom is 0.204 e. The molecule has 0 N–H and O–H groups in total. The summed E-state index contributed by atoms with van der Waals surface area (Å²) in [5, 5.41) is 8.21. The summed E-state index contributed by atoms with van der Waals surface area (Å²) in [6, 6.07) is 0. The van der Waals surface area contributed by atoms with Crippen LogP contribution in [0.2, 0.25) is 0 Å². The van der Waals surface area contributed by atoms with Crippen LogP contribution >= 0.6 is 0 Å². The van der Waals surface area contributed by atoms with Gasteiger partial charge in [-0.1, -0.05) is 5.21 Å². The summed E-state index contributed by atoms with van der Waals surface area (Å²) in [4.78, 5) is 4.28. The first-order valence-corrected chi connectivity index (χ1v) is 6.84. The number of imidazole rings is 1. The van der Waals surface area contributed by atoms with Gasteiger partial charge in [0, 0.05) is 45.6 Å². The summed E-state index contributed by atoms with van der Waals surface area (Å²) in [6.07, 6.45) is 5.95. The number of aryl methyl sites for hydroxylation is 3. The Balaban J connectivity index is 1.95. The van der Waals surface area contributed by atoms with E-state index in [4.69, 9.17) is 9.47 Å². The lowest BCUT2D eigenvalue weighted by atomic mass is 10.4. The van der Waals surface area contributed by atoms with Crippen LogP contribution in [0.5, 0.6) is 0 Å². The number of hydrogen-bond donors (Lipinski definition) is 0. The van der Waals surface area contributed by atoms with Crippen molar-refractivity contribution < 1.29 is 9.47 Å². The Morgan fingerprint density at radius 2 is 2.00 bits per heavy atom. The fourth-order valence-corrected chi connectivity index (χ4v) is 1.90. The summed E-state index contributed by atoms with van der Waals surface area (Å²) >= 11 is 0. The molecule has 0 aromatic carbocycles. The second kappa shape index (κ2) is 7.16. The molecule has 0 saturated carbocycles. The molecule has 2 heterocycles. The molecule has 0 aliphatic carbocycles. The van der Waals surface area contributed by atoms with Gasteiger partial charge in [0.2, 0.25) is 6.29 Å². The van der Waals surface area contributed by atoms with Crippen molar-refractivity contribution in [3.05, 3.63) is 30.1 Å². The molecule has 110 valence electrons. The van der Waals surface area contributed by atoms with E-state index in [0.717, 1.165) is 18.8 Å². The van der Waals surface area contributed by atoms with Crippen molar-refractivity contribution in [3.8, 4) is 0 Å². The van der Waals surface area contributed by atoms with E-state index in [1.807, 2.05) is 37.9 Å². The smallest absolute Gasteiger partial charge is 0.204 e. The Labute approximate surface area is 118 Å². The third-order valence-corrected chi connectivity index (χ3v) is 2.92. The van der Waals surface area contributed by atoms with E-state index in [1.165, 1.54) is 0 Å². The van der Waals surface area contributed by atoms with E-state index in [2.05, 4.69) is 15.3 Å². The molecule has 2 aromatic heterocycles. The standard InChI is InChI=1S/C13H21N5O2/c1-4-19-13(20-5-2)11-10-18(16-15-11)8-6-12-14-7-9-17(12)3/h7,9-10,13H,4-6,8H2,1-3H3. The molecule has 0 amide bonds. The van der Waals surface area contributed by atoms with Crippen LogP contribution in [0.3, 0.4) is 0 Å². The zero-order valence-corrected chi connectivity index (χ0v) is 12.2. The minimum atomic E-state index is -0.438. The van der Waals surface area contributed by atoms with Crippen molar-refractivity contribution in [1.29, 1.82) is 0 Å². The second-order valence-electron chi connectivity index (χ2n) is 4.35. The van der Waals surface area contributed by atoms with E-state index in [0.29, 0.717) is 18.9 Å². The second-order valence-corrected chi connectivity index (χ2v) is 4.35. The predicted molar refractivity (Wildman–Crippen MR) is 72.9 cm³/mol. The van der Waals surface area contributed by atoms with Gasteiger partial charge in [-0.15, -0.1) is 5.10 Å². The molecule has 20 heavy (non-hydrogen) atoms. The Kier molecular flexibility index (Phi) is 5.25. The molecular weight excluding hydrogens is 258 g/mol. The first kappa shape index (κ1) is 14.7. The lowest BCUT2D eigenvalue weighted by Gasteiger charge is -2.13. The first-order chi connectivity index (χ1) is 9.74. The van der Waals surface area contributed by atoms with Gasteiger partial charge in [-0.2, -0.15) is 0 Å². The lowest BCUT2D eigenvalue weighted by molar-refractivity contribution is -0.142. The molecule has 7 heteroatoms. The van der Waals surface area contributed by atoms with Gasteiger partial charge in [0.05, 0.1) is 6.20 Å². The van der Waals surface area contributed by atoms with Crippen LogP contribution < -0.4 is 0 Å². The molecule has 2 aromatic rings. The number of rotatable bonds is 8. The van der Waals surface area contributed by atoms with E-state index in [1.54, 1.807) is 10.9 Å². The van der Waals surface area contributed by atoms with Gasteiger partial charge < -0.3 is 14.0 Å². The molecule has 0 saturated heterocycles. The van der Waals surface area contributed by atoms with Crippen LogP contribution in [0.15, 0.2) is 18.6 Å². The highest BCUT2D eigenvalue weighted by atomic mass is 16.7. The highest BCUT2D eigenvalue weighted by Crippen LogP contribution is 2.15. The van der Waals surface area contributed by atoms with Crippen LogP contribution in [0.1, 0.15) is 31.7 Å². The van der Waals surface area contributed by atoms with Gasteiger partial charge in [0.1, 0.15) is 11.5 Å². The van der Waals surface area contributed by atoms with Crippen LogP contribution in [-0.2, 0) is 29.5 Å². The van der Waals surface area contributed by atoms with E-state index in [-0.39, 0.29) is 0 Å². The molecule has 0 fully saturated rings. The molecule has 0 unspecified atom stereocenters. The number of aromatic nitrogens is 5. The SMILES string of the molecule is CCOC(OCC)c1cn(CCc2nccn2C)nn1. The van der Waals surface area contributed by atoms with E-state index >= 15 is 0 Å². The molecule has 0 spiro atoms. The van der Waals surface area contributed by atoms with Gasteiger partial charge in [0.25, 0.3) is 0 Å². The summed E-state index contributed by atoms with van der Waals surface area (Å²) < 4.78 is 14.8. The molecule has 0 aliphatic heterocycles. The van der Waals surface area contributed by atoms with Gasteiger partial charge in [0.15, 0.2) is 0 Å². The Hall–Kier alpha value is -1.73. The Morgan fingerprint density at radius 1 is 1.25 bits per heavy atom. The third-order valence-electron chi connectivity index (χ3n) is 2.92. The summed E-state index contributed by atoms with van der Waals surface area (Å²) in [5.74, 6) is 1.02. The van der Waals surface area contributed by atoms with Crippen molar-refractivity contribution in [2.24, 2.45) is 7.05 Å². The summed E-state index contributed by atoms with van der Waals surface area (Å²) in [7, 11) is 1.98. The van der Waals surface area contributed by atoms with E-state index < -0.39 is 6.29 Å². The monoisotopic (exact) mass is 279 g/mol. The quantitative estimate of drug-likeness (QED) is 0.682. The molecule has 0 bridgehead atoms. The van der Waals surface area contributed by atoms with Crippen LogP contribution in [0.25, 0.3) is 0 Å². The van der Waals surface area contributed by atoms with Crippen LogP contribution in [-0.4, -0.2) is 37.8 Å². The molecule has 2 rings (SSSR count). The highest BCUT2D eigenvalue weighted by molar-refractivity contribution is 4.96. The molecule has 0 aliphatic rings. The molecule has 0 radical (unpaired) electrons. The first-order valence-electron chi connectivity index (χ1n) is 6.84. The maximum absolute atomic E-state index is 5.50. The summed E-state index contributed by atoms with van der Waals surface area (Å²) in [5.41, 5.74) is 0.702. The fourth-order valence-electron chi connectivity index (χ4n) is 1.90. The van der Waals surface area contributed by atoms with Crippen molar-refractivity contribution >= 4 is 0 Å². The number of hydrogen-bond acceptors (Lipinski definition) is 5. The van der Waals surface area contributed by atoms with Crippen LogP contribution in [0.4, 0.5) is 0 Å². The van der Waals surface area contributed by atoms with Gasteiger partial charge in [-0.05, 0) is 13.8 Å². The van der Waals surface area contributed by atoms with Crippen molar-refractivity contribution in [2.45, 2.75) is 33.1 Å². The average molecular weight is 279 g/mol. The van der Waals surface area contributed by atoms with Gasteiger partial charge in [-0.3, -0.25) is 4.68 Å². The highest BCUT2D eigenvalue weighted by Gasteiger charge is 2.15. The minimum absolute atomic E-state index is 0.438. The van der Waals surface area contributed by atoms with Crippen LogP contribution in [0, 0.1) is 0 Å². The zero-order chi connectivity index (χ0) is 14.4. The average Bonchev–Trinajstić information content (AvgIpc) is 3.05. The maximum atomic E-state index is 5.50. The predicted octanol–water partition coefficient (Wildman–Crippen LogP) is 1.33. The number of nitrogens with zero attached hydrogens (tertiary/aromatic N) is 5. The summed E-state index contributed by atoms with van der Waals surface area (Å²) in [6.45, 7) is 5.73. The normalized spacial score (nSPS) is 11.4. The number of ether oxygens (including phenoxy) is 2. The van der Waals surface area contributed by atoms with E-state index in [9.17, 15) is 0 Å². The molecule has 0 atom stereocenters. The minimum Gasteiger partial charge on any atom is -0.347 e. The third kappa shape index (κ3) is 3.64. The lowest BCUT2D eigenvalue weighted by Crippen LogP contribution is -2.09. The van der Waals surface area contributed by atoms with Gasteiger partial charge >= 0.3 is 0 Å². The Bertz CT molecular complexity index is 516. The Morgan fingerprint density at radius 3 is 2.60 bits per heavy atom. The molecule has 7 nitrogen and oxygen atoms in total.